The van der Waals surface area contributed by atoms with E-state index in [0.29, 0.717) is 0 Å². The summed E-state index contributed by atoms with van der Waals surface area (Å²) in [5.41, 5.74) is 0. The summed E-state index contributed by atoms with van der Waals surface area (Å²) >= 11 is 5.14. The van der Waals surface area contributed by atoms with E-state index in [1.807, 2.05) is 0 Å². The van der Waals surface area contributed by atoms with Crippen molar-refractivity contribution in [2.75, 3.05) is 6.61 Å². The highest BCUT2D eigenvalue weighted by molar-refractivity contribution is 9.10. The number of carbonyl (C=O) groups excluding carboxylic acids is 1. The van der Waals surface area contributed by atoms with Crippen LogP contribution >= 0.6 is 31.9 Å². The Hall–Kier alpha value is 0.290. The van der Waals surface area contributed by atoms with Crippen molar-refractivity contribution < 1.29 is 18.3 Å². The largest absolute Gasteiger partial charge is 0.465 e. The van der Waals surface area contributed by atoms with E-state index in [0.717, 1.165) is 0 Å². The average molecular weight is 310 g/mol. The lowest BCUT2D eigenvalue weighted by atomic mass is 10.3. The van der Waals surface area contributed by atoms with E-state index < -0.39 is 22.0 Å². The van der Waals surface area contributed by atoms with Crippen LogP contribution in [0.2, 0.25) is 0 Å². The maximum atomic E-state index is 12.2. The molecule has 0 saturated carbocycles. The number of hydrogen-bond acceptors (Lipinski definition) is 2. The van der Waals surface area contributed by atoms with E-state index in [9.17, 15) is 13.6 Å². The first-order valence-corrected chi connectivity index (χ1v) is 4.86. The van der Waals surface area contributed by atoms with E-state index in [1.54, 1.807) is 0 Å². The van der Waals surface area contributed by atoms with Crippen LogP contribution in [-0.4, -0.2) is 22.2 Å². The highest BCUT2D eigenvalue weighted by atomic mass is 79.9. The normalized spacial score (nSPS) is 14.1. The molecule has 1 atom stereocenters. The van der Waals surface area contributed by atoms with E-state index in [2.05, 4.69) is 36.6 Å². The Balaban J connectivity index is 3.60. The van der Waals surface area contributed by atoms with Gasteiger partial charge >= 0.3 is 10.8 Å². The molecule has 1 unspecified atom stereocenters. The summed E-state index contributed by atoms with van der Waals surface area (Å²) < 4.78 is 29.0. The molecule has 0 aromatic rings. The Labute approximate surface area is 85.9 Å². The molecule has 0 bridgehead atoms. The van der Waals surface area contributed by atoms with E-state index >= 15 is 0 Å². The molecule has 0 aromatic heterocycles. The van der Waals surface area contributed by atoms with Gasteiger partial charge in [0.25, 0.3) is 0 Å². The lowest BCUT2D eigenvalue weighted by Gasteiger charge is -2.13. The van der Waals surface area contributed by atoms with Crippen LogP contribution in [0.5, 0.6) is 0 Å². The average Bonchev–Trinajstić information content (AvgIpc) is 1.79. The molecule has 0 N–H and O–H groups in total. The third-order valence-electron chi connectivity index (χ3n) is 0.920. The topological polar surface area (TPSA) is 26.3 Å². The second kappa shape index (κ2) is 5.11. The zero-order valence-corrected chi connectivity index (χ0v) is 9.49. The van der Waals surface area contributed by atoms with Crippen LogP contribution in [0, 0.1) is 0 Å². The SMILES string of the molecule is CC(=O)OCC(Br)CC(F)(F)Br. The molecule has 0 aliphatic heterocycles. The van der Waals surface area contributed by atoms with Gasteiger partial charge in [-0.25, -0.2) is 0 Å². The summed E-state index contributed by atoms with van der Waals surface area (Å²) in [6, 6.07) is 0. The molecule has 12 heavy (non-hydrogen) atoms. The first-order valence-electron chi connectivity index (χ1n) is 3.15. The van der Waals surface area contributed by atoms with Gasteiger partial charge in [-0.3, -0.25) is 4.79 Å². The molecule has 0 rings (SSSR count). The van der Waals surface area contributed by atoms with Crippen molar-refractivity contribution in [1.29, 1.82) is 0 Å². The molecular weight excluding hydrogens is 302 g/mol. The third kappa shape index (κ3) is 8.39. The molecule has 0 fully saturated rings. The van der Waals surface area contributed by atoms with Gasteiger partial charge in [0, 0.05) is 13.3 Å². The number of rotatable bonds is 4. The van der Waals surface area contributed by atoms with Crippen LogP contribution in [0.15, 0.2) is 0 Å². The molecule has 0 amide bonds. The molecule has 0 spiro atoms. The highest BCUT2D eigenvalue weighted by Gasteiger charge is 2.28. The van der Waals surface area contributed by atoms with Crippen LogP contribution in [0.3, 0.4) is 0 Å². The molecule has 6 heteroatoms. The van der Waals surface area contributed by atoms with E-state index in [1.165, 1.54) is 6.92 Å². The summed E-state index contributed by atoms with van der Waals surface area (Å²) in [6.45, 7) is 1.18. The first kappa shape index (κ1) is 12.3. The Kier molecular flexibility index (Phi) is 5.24. The second-order valence-electron chi connectivity index (χ2n) is 2.22. The minimum absolute atomic E-state index is 0.0451. The van der Waals surface area contributed by atoms with Crippen LogP contribution in [0.25, 0.3) is 0 Å². The van der Waals surface area contributed by atoms with Crippen molar-refractivity contribution in [2.24, 2.45) is 0 Å². The molecule has 0 aromatic carbocycles. The predicted octanol–water partition coefficient (Wildman–Crippen LogP) is 2.69. The molecular formula is C6H8Br2F2O2. The fourth-order valence-corrected chi connectivity index (χ4v) is 1.88. The summed E-state index contributed by atoms with van der Waals surface area (Å²) in [7, 11) is 0. The maximum Gasteiger partial charge on any atom is 0.302 e. The number of esters is 1. The van der Waals surface area contributed by atoms with Crippen molar-refractivity contribution in [3.05, 3.63) is 0 Å². The second-order valence-corrected chi connectivity index (χ2v) is 4.67. The van der Waals surface area contributed by atoms with Gasteiger partial charge in [0.05, 0.1) is 4.83 Å². The number of hydrogen-bond donors (Lipinski definition) is 0. The molecule has 0 aliphatic rings. The fourth-order valence-electron chi connectivity index (χ4n) is 0.518. The minimum atomic E-state index is -2.92. The standard InChI is InChI=1S/C6H8Br2F2O2/c1-4(11)12-3-5(7)2-6(8,9)10/h5H,2-3H2,1H3. The van der Waals surface area contributed by atoms with Gasteiger partial charge in [-0.1, -0.05) is 15.9 Å². The van der Waals surface area contributed by atoms with Gasteiger partial charge in [0.15, 0.2) is 0 Å². The van der Waals surface area contributed by atoms with Gasteiger partial charge in [0.2, 0.25) is 0 Å². The molecule has 0 saturated heterocycles. The first-order chi connectivity index (χ1) is 5.31. The maximum absolute atomic E-state index is 12.2. The number of alkyl halides is 4. The van der Waals surface area contributed by atoms with E-state index in [-0.39, 0.29) is 6.61 Å². The van der Waals surface area contributed by atoms with E-state index in [4.69, 9.17) is 0 Å². The lowest BCUT2D eigenvalue weighted by molar-refractivity contribution is -0.141. The Bertz CT molecular complexity index is 158. The Morgan fingerprint density at radius 3 is 2.50 bits per heavy atom. The summed E-state index contributed by atoms with van der Waals surface area (Å²) in [5, 5.41) is 0. The number of ether oxygens (including phenoxy) is 1. The van der Waals surface area contributed by atoms with Crippen LogP contribution < -0.4 is 0 Å². The Morgan fingerprint density at radius 1 is 1.67 bits per heavy atom. The van der Waals surface area contributed by atoms with Crippen molar-refractivity contribution >= 4 is 37.8 Å². The zero-order chi connectivity index (χ0) is 9.78. The van der Waals surface area contributed by atoms with Gasteiger partial charge in [-0.2, -0.15) is 8.78 Å². The quantitative estimate of drug-likeness (QED) is 0.589. The molecule has 2 nitrogen and oxygen atoms in total. The van der Waals surface area contributed by atoms with Gasteiger partial charge in [0.1, 0.15) is 6.61 Å². The number of carbonyl (C=O) groups is 1. The number of halogens is 4. The predicted molar refractivity (Wildman–Crippen MR) is 47.8 cm³/mol. The molecule has 72 valence electrons. The monoisotopic (exact) mass is 308 g/mol. The lowest BCUT2D eigenvalue weighted by Crippen LogP contribution is -2.19. The van der Waals surface area contributed by atoms with Crippen molar-refractivity contribution in [2.45, 2.75) is 23.0 Å². The summed E-state index contributed by atoms with van der Waals surface area (Å²) in [6.07, 6.45) is -0.416. The van der Waals surface area contributed by atoms with Crippen LogP contribution in [0.4, 0.5) is 8.78 Å². The smallest absolute Gasteiger partial charge is 0.302 e. The van der Waals surface area contributed by atoms with Gasteiger partial charge < -0.3 is 4.74 Å². The molecule has 0 aliphatic carbocycles. The van der Waals surface area contributed by atoms with Crippen molar-refractivity contribution in [3.8, 4) is 0 Å². The molecule has 0 radical (unpaired) electrons. The Morgan fingerprint density at radius 2 is 2.17 bits per heavy atom. The zero-order valence-electron chi connectivity index (χ0n) is 6.32. The van der Waals surface area contributed by atoms with Crippen LogP contribution in [-0.2, 0) is 9.53 Å². The summed E-state index contributed by atoms with van der Waals surface area (Å²) in [5.74, 6) is -0.475. The van der Waals surface area contributed by atoms with Gasteiger partial charge in [-0.15, -0.1) is 0 Å². The highest BCUT2D eigenvalue weighted by Crippen LogP contribution is 2.29. The van der Waals surface area contributed by atoms with Crippen molar-refractivity contribution in [1.82, 2.24) is 0 Å². The molecule has 0 heterocycles. The van der Waals surface area contributed by atoms with Crippen LogP contribution in [0.1, 0.15) is 13.3 Å². The fraction of sp³-hybridized carbons (Fsp3) is 0.833. The summed E-state index contributed by atoms with van der Waals surface area (Å²) in [4.78, 5) is 6.82. The van der Waals surface area contributed by atoms with Gasteiger partial charge in [-0.05, 0) is 15.9 Å². The van der Waals surface area contributed by atoms with Crippen molar-refractivity contribution in [3.63, 3.8) is 0 Å². The third-order valence-corrected chi connectivity index (χ3v) is 1.83. The minimum Gasteiger partial charge on any atom is -0.465 e.